The summed E-state index contributed by atoms with van der Waals surface area (Å²) in [7, 11) is 0. The van der Waals surface area contributed by atoms with Crippen LogP contribution in [0.1, 0.15) is 75.5 Å². The molecule has 0 saturated heterocycles. The van der Waals surface area contributed by atoms with Crippen LogP contribution in [-0.4, -0.2) is 49.4 Å². The van der Waals surface area contributed by atoms with Crippen molar-refractivity contribution in [3.63, 3.8) is 0 Å². The zero-order valence-electron chi connectivity index (χ0n) is 21.5. The summed E-state index contributed by atoms with van der Waals surface area (Å²) in [5.41, 5.74) is 2.23. The second-order valence-electron chi connectivity index (χ2n) is 9.47. The highest BCUT2D eigenvalue weighted by atomic mass is 16.3. The minimum atomic E-state index is 0.130. The van der Waals surface area contributed by atoms with E-state index in [0.717, 1.165) is 48.9 Å². The molecule has 7 heteroatoms. The Hall–Kier alpha value is -2.90. The predicted octanol–water partition coefficient (Wildman–Crippen LogP) is 6.09. The number of aromatic amines is 2. The fourth-order valence-corrected chi connectivity index (χ4v) is 4.79. The fourth-order valence-electron chi connectivity index (χ4n) is 4.79. The van der Waals surface area contributed by atoms with Gasteiger partial charge in [0.2, 0.25) is 0 Å². The molecule has 3 heterocycles. The van der Waals surface area contributed by atoms with Crippen molar-refractivity contribution in [1.29, 1.82) is 0 Å². The Bertz CT molecular complexity index is 1110. The van der Waals surface area contributed by atoms with E-state index in [1.54, 1.807) is 12.4 Å². The lowest BCUT2D eigenvalue weighted by Gasteiger charge is -2.27. The van der Waals surface area contributed by atoms with Crippen LogP contribution in [0.15, 0.2) is 53.5 Å². The van der Waals surface area contributed by atoms with Crippen LogP contribution in [0.3, 0.4) is 0 Å². The molecule has 35 heavy (non-hydrogen) atoms. The number of imidazole rings is 2. The van der Waals surface area contributed by atoms with Gasteiger partial charge in [0.15, 0.2) is 0 Å². The van der Waals surface area contributed by atoms with Gasteiger partial charge in [-0.15, -0.1) is 0 Å². The molecule has 0 aliphatic heterocycles. The average molecular weight is 477 g/mol. The van der Waals surface area contributed by atoms with Gasteiger partial charge in [0, 0.05) is 43.1 Å². The number of nitrogens with one attached hydrogen (secondary N) is 2. The Balaban J connectivity index is 1.39. The summed E-state index contributed by atoms with van der Waals surface area (Å²) in [5.74, 6) is 3.00. The van der Waals surface area contributed by atoms with Gasteiger partial charge in [-0.2, -0.15) is 0 Å². The molecule has 0 saturated carbocycles. The first-order valence-electron chi connectivity index (χ1n) is 13.1. The second-order valence-corrected chi connectivity index (χ2v) is 9.47. The summed E-state index contributed by atoms with van der Waals surface area (Å²) in [6.07, 6.45) is 13.2. The number of aromatic nitrogens is 4. The number of H-pyrrole nitrogens is 2. The molecule has 3 aromatic heterocycles. The quantitative estimate of drug-likeness (QED) is 0.203. The first-order valence-corrected chi connectivity index (χ1v) is 13.1. The number of fused-ring (bicyclic) bond motifs is 1. The maximum Gasteiger partial charge on any atom is 0.134 e. The van der Waals surface area contributed by atoms with Crippen LogP contribution in [0, 0.1) is 0 Å². The lowest BCUT2D eigenvalue weighted by molar-refractivity contribution is 0.181. The van der Waals surface area contributed by atoms with Gasteiger partial charge < -0.3 is 19.3 Å². The average Bonchev–Trinajstić information content (AvgIpc) is 3.63. The molecule has 4 aromatic rings. The van der Waals surface area contributed by atoms with Crippen molar-refractivity contribution in [2.24, 2.45) is 0 Å². The second kappa shape index (κ2) is 12.7. The number of hydrogen-bond acceptors (Lipinski definition) is 5. The van der Waals surface area contributed by atoms with Crippen molar-refractivity contribution in [2.75, 3.05) is 19.6 Å². The van der Waals surface area contributed by atoms with Gasteiger partial charge in [0.05, 0.1) is 12.6 Å². The largest absolute Gasteiger partial charge is 0.461 e. The molecule has 1 atom stereocenters. The van der Waals surface area contributed by atoms with Crippen LogP contribution in [0.5, 0.6) is 0 Å². The predicted molar refractivity (Wildman–Crippen MR) is 141 cm³/mol. The number of nitrogens with zero attached hydrogens (tertiary/aromatic N) is 4. The van der Waals surface area contributed by atoms with Gasteiger partial charge in [0.25, 0.3) is 0 Å². The summed E-state index contributed by atoms with van der Waals surface area (Å²) in [6, 6.07) is 8.90. The SMILES string of the molecule is CCCN(CCC)CCCCc1cc2cc(CN(Cc3ncc[nH]3)C(C)c3ncc[nH]3)ccc2o1. The molecule has 4 rings (SSSR count). The Morgan fingerprint density at radius 1 is 0.914 bits per heavy atom. The molecular weight excluding hydrogens is 436 g/mol. The number of rotatable bonds is 15. The Kier molecular flexibility index (Phi) is 9.15. The Morgan fingerprint density at radius 2 is 1.71 bits per heavy atom. The third kappa shape index (κ3) is 7.05. The van der Waals surface area contributed by atoms with Crippen LogP contribution in [0.25, 0.3) is 11.0 Å². The van der Waals surface area contributed by atoms with Gasteiger partial charge in [-0.25, -0.2) is 9.97 Å². The van der Waals surface area contributed by atoms with Crippen molar-refractivity contribution < 1.29 is 4.42 Å². The van der Waals surface area contributed by atoms with Crippen molar-refractivity contribution in [3.8, 4) is 0 Å². The number of furan rings is 1. The number of benzene rings is 1. The third-order valence-electron chi connectivity index (χ3n) is 6.62. The molecule has 0 amide bonds. The lowest BCUT2D eigenvalue weighted by Crippen LogP contribution is -2.27. The molecule has 0 aliphatic rings. The van der Waals surface area contributed by atoms with Crippen molar-refractivity contribution in [3.05, 3.63) is 72.0 Å². The first kappa shape index (κ1) is 25.2. The summed E-state index contributed by atoms with van der Waals surface area (Å²) >= 11 is 0. The molecule has 2 N–H and O–H groups in total. The molecule has 0 bridgehead atoms. The van der Waals surface area contributed by atoms with E-state index in [2.05, 4.69) is 74.8 Å². The summed E-state index contributed by atoms with van der Waals surface area (Å²) in [5, 5.41) is 1.18. The standard InChI is InChI=1S/C28H40N6O/c1-4-15-33(16-5-2)17-7-6-8-25-19-24-18-23(9-10-26(24)35-25)20-34(21-27-29-11-12-30-27)22(3)28-31-13-14-32-28/h9-14,18-19,22H,4-8,15-17,20-21H2,1-3H3,(H,29,30)(H,31,32). The Morgan fingerprint density at radius 3 is 2.43 bits per heavy atom. The summed E-state index contributed by atoms with van der Waals surface area (Å²) < 4.78 is 6.16. The summed E-state index contributed by atoms with van der Waals surface area (Å²) in [6.45, 7) is 11.8. The molecule has 0 aliphatic carbocycles. The molecule has 188 valence electrons. The van der Waals surface area contributed by atoms with E-state index < -0.39 is 0 Å². The van der Waals surface area contributed by atoms with E-state index in [0.29, 0.717) is 0 Å². The van der Waals surface area contributed by atoms with E-state index in [4.69, 9.17) is 4.42 Å². The van der Waals surface area contributed by atoms with Crippen molar-refractivity contribution >= 4 is 11.0 Å². The smallest absolute Gasteiger partial charge is 0.134 e. The molecular formula is C28H40N6O. The van der Waals surface area contributed by atoms with Crippen molar-refractivity contribution in [2.45, 2.75) is 72.0 Å². The fraction of sp³-hybridized carbons (Fsp3) is 0.500. The number of aryl methyl sites for hydroxylation is 1. The highest BCUT2D eigenvalue weighted by Crippen LogP contribution is 2.26. The molecule has 1 unspecified atom stereocenters. The maximum atomic E-state index is 6.16. The van der Waals surface area contributed by atoms with Gasteiger partial charge in [0.1, 0.15) is 23.0 Å². The van der Waals surface area contributed by atoms with Crippen LogP contribution in [-0.2, 0) is 19.5 Å². The minimum absolute atomic E-state index is 0.130. The van der Waals surface area contributed by atoms with Gasteiger partial charge in [-0.3, -0.25) is 4.90 Å². The molecule has 0 fully saturated rings. The molecule has 0 spiro atoms. The first-order chi connectivity index (χ1) is 17.2. The molecule has 7 nitrogen and oxygen atoms in total. The van der Waals surface area contributed by atoms with E-state index in [9.17, 15) is 0 Å². The zero-order valence-corrected chi connectivity index (χ0v) is 21.5. The van der Waals surface area contributed by atoms with E-state index in [1.807, 2.05) is 12.4 Å². The van der Waals surface area contributed by atoms with Crippen LogP contribution >= 0.6 is 0 Å². The van der Waals surface area contributed by atoms with Gasteiger partial charge in [-0.05, 0) is 76.0 Å². The minimum Gasteiger partial charge on any atom is -0.461 e. The highest BCUT2D eigenvalue weighted by molar-refractivity contribution is 5.78. The van der Waals surface area contributed by atoms with Crippen LogP contribution in [0.2, 0.25) is 0 Å². The third-order valence-corrected chi connectivity index (χ3v) is 6.62. The maximum absolute atomic E-state index is 6.16. The van der Waals surface area contributed by atoms with Crippen LogP contribution in [0.4, 0.5) is 0 Å². The zero-order chi connectivity index (χ0) is 24.5. The Labute approximate surface area is 209 Å². The monoisotopic (exact) mass is 476 g/mol. The van der Waals surface area contributed by atoms with E-state index in [-0.39, 0.29) is 6.04 Å². The van der Waals surface area contributed by atoms with Crippen molar-refractivity contribution in [1.82, 2.24) is 29.7 Å². The van der Waals surface area contributed by atoms with E-state index in [1.165, 1.54) is 49.8 Å². The van der Waals surface area contributed by atoms with Gasteiger partial charge >= 0.3 is 0 Å². The lowest BCUT2D eigenvalue weighted by atomic mass is 10.1. The number of hydrogen-bond donors (Lipinski definition) is 2. The van der Waals surface area contributed by atoms with Gasteiger partial charge in [-0.1, -0.05) is 19.9 Å². The topological polar surface area (TPSA) is 77.0 Å². The number of unbranched alkanes of at least 4 members (excludes halogenated alkanes) is 1. The van der Waals surface area contributed by atoms with Crippen LogP contribution < -0.4 is 0 Å². The molecule has 0 radical (unpaired) electrons. The van der Waals surface area contributed by atoms with E-state index >= 15 is 0 Å². The highest BCUT2D eigenvalue weighted by Gasteiger charge is 2.20. The normalized spacial score (nSPS) is 12.8. The summed E-state index contributed by atoms with van der Waals surface area (Å²) in [4.78, 5) is 20.4. The molecule has 1 aromatic carbocycles.